The molecule has 2 aromatic rings. The van der Waals surface area contributed by atoms with Gasteiger partial charge >= 0.3 is 5.97 Å². The number of aliphatic carboxylic acids is 1. The van der Waals surface area contributed by atoms with Crippen molar-refractivity contribution in [1.82, 2.24) is 4.72 Å². The number of hydrogen-bond acceptors (Lipinski definition) is 4. The van der Waals surface area contributed by atoms with Crippen molar-refractivity contribution in [2.45, 2.75) is 24.0 Å². The van der Waals surface area contributed by atoms with Crippen LogP contribution >= 0.6 is 0 Å². The zero-order valence-corrected chi connectivity index (χ0v) is 14.7. The highest BCUT2D eigenvalue weighted by Gasteiger charge is 2.39. The summed E-state index contributed by atoms with van der Waals surface area (Å²) < 4.78 is 94.5. The molecular formula is C16H12F5NO5S. The lowest BCUT2D eigenvalue weighted by molar-refractivity contribution is -0.148. The van der Waals surface area contributed by atoms with Crippen LogP contribution in [0.25, 0.3) is 0 Å². The number of nitrogens with one attached hydrogen (secondary N) is 1. The fourth-order valence-corrected chi connectivity index (χ4v) is 3.48. The molecule has 152 valence electrons. The quantitative estimate of drug-likeness (QED) is 0.374. The Morgan fingerprint density at radius 3 is 1.79 bits per heavy atom. The van der Waals surface area contributed by atoms with Crippen LogP contribution in [-0.2, 0) is 14.8 Å². The Balaban J connectivity index is 2.66. The molecule has 0 amide bonds. The van der Waals surface area contributed by atoms with E-state index in [1.807, 2.05) is 0 Å². The molecule has 0 saturated heterocycles. The van der Waals surface area contributed by atoms with Crippen molar-refractivity contribution < 1.29 is 45.4 Å². The number of aliphatic hydroxyl groups excluding tert-OH is 1. The lowest BCUT2D eigenvalue weighted by Gasteiger charge is -2.23. The maximum absolute atomic E-state index is 14.0. The summed E-state index contributed by atoms with van der Waals surface area (Å²) in [7, 11) is -4.72. The molecule has 2 aromatic carbocycles. The van der Waals surface area contributed by atoms with Crippen molar-refractivity contribution in [3.8, 4) is 0 Å². The van der Waals surface area contributed by atoms with Gasteiger partial charge in [-0.3, -0.25) is 0 Å². The van der Waals surface area contributed by atoms with Crippen LogP contribution in [0.2, 0.25) is 0 Å². The van der Waals surface area contributed by atoms with Crippen molar-refractivity contribution >= 4 is 16.0 Å². The fraction of sp³-hybridized carbons (Fsp3) is 0.188. The average molecular weight is 425 g/mol. The molecule has 0 fully saturated rings. The van der Waals surface area contributed by atoms with Gasteiger partial charge < -0.3 is 10.2 Å². The molecule has 2 rings (SSSR count). The summed E-state index contributed by atoms with van der Waals surface area (Å²) in [5, 5.41) is 18.6. The minimum atomic E-state index is -4.72. The molecule has 28 heavy (non-hydrogen) atoms. The number of carbonyl (C=O) groups is 1. The summed E-state index contributed by atoms with van der Waals surface area (Å²) in [6, 6.07) is 2.08. The minimum absolute atomic E-state index is 0.496. The first-order valence-electron chi connectivity index (χ1n) is 7.39. The third kappa shape index (κ3) is 3.98. The van der Waals surface area contributed by atoms with Gasteiger partial charge in [-0.25, -0.2) is 39.9 Å². The van der Waals surface area contributed by atoms with Crippen LogP contribution in [0.15, 0.2) is 29.2 Å². The monoisotopic (exact) mass is 425 g/mol. The summed E-state index contributed by atoms with van der Waals surface area (Å²) in [5.74, 6) is -14.5. The highest BCUT2D eigenvalue weighted by Crippen LogP contribution is 2.31. The summed E-state index contributed by atoms with van der Waals surface area (Å²) >= 11 is 0. The number of aryl methyl sites for hydroxylation is 1. The smallest absolute Gasteiger partial charge is 0.334 e. The molecule has 6 nitrogen and oxygen atoms in total. The normalized spacial score (nSPS) is 14.0. The number of halogens is 5. The summed E-state index contributed by atoms with van der Waals surface area (Å²) in [6.07, 6.45) is -2.87. The van der Waals surface area contributed by atoms with Crippen molar-refractivity contribution in [2.24, 2.45) is 0 Å². The number of hydrogen-bond donors (Lipinski definition) is 3. The Hall–Kier alpha value is -2.57. The van der Waals surface area contributed by atoms with Gasteiger partial charge in [0.1, 0.15) is 0 Å². The first-order chi connectivity index (χ1) is 12.9. The molecule has 0 saturated carbocycles. The second-order valence-corrected chi connectivity index (χ2v) is 7.39. The predicted octanol–water partition coefficient (Wildman–Crippen LogP) is 2.16. The number of carboxylic acids is 1. The Morgan fingerprint density at radius 1 is 0.929 bits per heavy atom. The zero-order valence-electron chi connectivity index (χ0n) is 13.9. The van der Waals surface area contributed by atoms with Crippen LogP contribution in [0.3, 0.4) is 0 Å². The fourth-order valence-electron chi connectivity index (χ4n) is 2.27. The molecule has 2 atom stereocenters. The zero-order chi connectivity index (χ0) is 21.4. The molecule has 0 heterocycles. The van der Waals surface area contributed by atoms with E-state index in [9.17, 15) is 40.3 Å². The van der Waals surface area contributed by atoms with Crippen molar-refractivity contribution in [3.05, 3.63) is 64.5 Å². The highest BCUT2D eigenvalue weighted by atomic mass is 32.2. The molecular weight excluding hydrogens is 413 g/mol. The van der Waals surface area contributed by atoms with Gasteiger partial charge in [0.15, 0.2) is 29.4 Å². The molecule has 0 bridgehead atoms. The second kappa shape index (κ2) is 7.81. The SMILES string of the molecule is Cc1ccc(S(=O)(=O)N[C@H](c2c(F)c(F)c(F)c(F)c2F)[C@H](O)C(=O)O)cc1. The number of sulfonamides is 1. The van der Waals surface area contributed by atoms with Crippen LogP contribution in [0, 0.1) is 36.0 Å². The van der Waals surface area contributed by atoms with Gasteiger partial charge in [-0.15, -0.1) is 0 Å². The Kier molecular flexibility index (Phi) is 6.06. The predicted molar refractivity (Wildman–Crippen MR) is 84.1 cm³/mol. The van der Waals surface area contributed by atoms with Gasteiger partial charge in [0.05, 0.1) is 16.5 Å². The number of carboxylic acid groups (broad SMARTS) is 1. The first kappa shape index (κ1) is 21.7. The molecule has 0 aliphatic heterocycles. The van der Waals surface area contributed by atoms with Gasteiger partial charge in [0.2, 0.25) is 15.8 Å². The van der Waals surface area contributed by atoms with E-state index in [1.54, 1.807) is 6.92 Å². The summed E-state index contributed by atoms with van der Waals surface area (Å²) in [5.41, 5.74) is -1.19. The van der Waals surface area contributed by atoms with Gasteiger partial charge in [-0.1, -0.05) is 17.7 Å². The standard InChI is InChI=1S/C16H12F5NO5S/c1-6-2-4-7(5-3-6)28(26,27)22-14(15(23)16(24)25)8-9(17)11(19)13(21)12(20)10(8)18/h2-5,14-15,22-23H,1H3,(H,24,25)/t14-,15+/m1/s1. The van der Waals surface area contributed by atoms with Crippen LogP contribution in [0.5, 0.6) is 0 Å². The number of rotatable bonds is 6. The van der Waals surface area contributed by atoms with Gasteiger partial charge in [0, 0.05) is 0 Å². The minimum Gasteiger partial charge on any atom is -0.479 e. The Bertz CT molecular complexity index is 998. The van der Waals surface area contributed by atoms with Crippen LogP contribution in [0.4, 0.5) is 22.0 Å². The van der Waals surface area contributed by atoms with Crippen LogP contribution in [0.1, 0.15) is 17.2 Å². The van der Waals surface area contributed by atoms with E-state index in [0.717, 1.165) is 12.1 Å². The molecule has 0 aliphatic rings. The van der Waals surface area contributed by atoms with E-state index in [4.69, 9.17) is 5.11 Å². The average Bonchev–Trinajstić information content (AvgIpc) is 2.63. The molecule has 12 heteroatoms. The number of aliphatic hydroxyl groups is 1. The summed E-state index contributed by atoms with van der Waals surface area (Å²) in [4.78, 5) is 10.6. The number of benzene rings is 2. The highest BCUT2D eigenvalue weighted by molar-refractivity contribution is 7.89. The van der Waals surface area contributed by atoms with Gasteiger partial charge in [-0.2, -0.15) is 0 Å². The van der Waals surface area contributed by atoms with E-state index in [-0.39, 0.29) is 0 Å². The Morgan fingerprint density at radius 2 is 1.36 bits per heavy atom. The molecule has 0 spiro atoms. The first-order valence-corrected chi connectivity index (χ1v) is 8.88. The molecule has 0 aliphatic carbocycles. The lowest BCUT2D eigenvalue weighted by Crippen LogP contribution is -2.41. The van der Waals surface area contributed by atoms with E-state index < -0.39 is 67.7 Å². The maximum Gasteiger partial charge on any atom is 0.334 e. The van der Waals surface area contributed by atoms with Gasteiger partial charge in [0.25, 0.3) is 0 Å². The van der Waals surface area contributed by atoms with Crippen molar-refractivity contribution in [3.63, 3.8) is 0 Å². The van der Waals surface area contributed by atoms with Crippen molar-refractivity contribution in [1.29, 1.82) is 0 Å². The lowest BCUT2D eigenvalue weighted by atomic mass is 10.00. The topological polar surface area (TPSA) is 104 Å². The van der Waals surface area contributed by atoms with E-state index >= 15 is 0 Å². The van der Waals surface area contributed by atoms with E-state index in [1.165, 1.54) is 16.9 Å². The van der Waals surface area contributed by atoms with E-state index in [2.05, 4.69) is 0 Å². The summed E-state index contributed by atoms with van der Waals surface area (Å²) in [6.45, 7) is 1.62. The molecule has 3 N–H and O–H groups in total. The van der Waals surface area contributed by atoms with Crippen LogP contribution in [-0.4, -0.2) is 30.7 Å². The Labute approximate surface area is 155 Å². The third-order valence-corrected chi connectivity index (χ3v) is 5.19. The largest absolute Gasteiger partial charge is 0.479 e. The third-order valence-electron chi connectivity index (χ3n) is 3.74. The van der Waals surface area contributed by atoms with Gasteiger partial charge in [-0.05, 0) is 19.1 Å². The van der Waals surface area contributed by atoms with Crippen molar-refractivity contribution in [2.75, 3.05) is 0 Å². The second-order valence-electron chi connectivity index (χ2n) is 5.68. The molecule has 0 radical (unpaired) electrons. The molecule has 0 unspecified atom stereocenters. The van der Waals surface area contributed by atoms with E-state index in [0.29, 0.717) is 5.56 Å². The molecule has 0 aromatic heterocycles. The van der Waals surface area contributed by atoms with Crippen LogP contribution < -0.4 is 4.72 Å². The maximum atomic E-state index is 14.0.